The van der Waals surface area contributed by atoms with Gasteiger partial charge in [-0.3, -0.25) is 4.79 Å². The topological polar surface area (TPSA) is 58.6 Å². The second kappa shape index (κ2) is 7.56. The molecule has 0 aliphatic heterocycles. The molecule has 0 saturated carbocycles. The van der Waals surface area contributed by atoms with Crippen LogP contribution >= 0.6 is 0 Å². The van der Waals surface area contributed by atoms with Gasteiger partial charge in [-0.05, 0) is 52.0 Å². The van der Waals surface area contributed by atoms with Crippen LogP contribution in [0.1, 0.15) is 38.1 Å². The molecule has 0 unspecified atom stereocenters. The molecule has 0 aliphatic carbocycles. The van der Waals surface area contributed by atoms with Gasteiger partial charge in [0, 0.05) is 5.69 Å². The molecule has 0 heterocycles. The minimum absolute atomic E-state index is 0.271. The molecule has 0 atom stereocenters. The van der Waals surface area contributed by atoms with E-state index in [1.807, 2.05) is 0 Å². The molecule has 2 aromatic rings. The second-order valence-electron chi connectivity index (χ2n) is 7.11. The SMILES string of the molecule is CC(C)(O)C(C)(C)OBc1ccc(NC(=O)c2c(F)cccc2F)cc1. The highest BCUT2D eigenvalue weighted by Crippen LogP contribution is 2.24. The van der Waals surface area contributed by atoms with Crippen LogP contribution in [0.4, 0.5) is 14.5 Å². The smallest absolute Gasteiger partial charge is 0.309 e. The van der Waals surface area contributed by atoms with Crippen molar-refractivity contribution < 1.29 is 23.3 Å². The first-order chi connectivity index (χ1) is 12.0. The van der Waals surface area contributed by atoms with Crippen molar-refractivity contribution in [2.75, 3.05) is 5.32 Å². The molecule has 0 saturated heterocycles. The third kappa shape index (κ3) is 4.68. The van der Waals surface area contributed by atoms with Gasteiger partial charge in [0.15, 0.2) is 0 Å². The molecule has 2 aromatic carbocycles. The third-order valence-corrected chi connectivity index (χ3v) is 4.47. The van der Waals surface area contributed by atoms with Crippen LogP contribution in [0.2, 0.25) is 0 Å². The summed E-state index contributed by atoms with van der Waals surface area (Å²) in [6, 6.07) is 9.96. The van der Waals surface area contributed by atoms with E-state index < -0.39 is 34.3 Å². The Bertz CT molecular complexity index is 766. The van der Waals surface area contributed by atoms with Gasteiger partial charge in [0.05, 0.1) is 11.2 Å². The van der Waals surface area contributed by atoms with E-state index in [9.17, 15) is 18.7 Å². The van der Waals surface area contributed by atoms with Crippen LogP contribution in [0.5, 0.6) is 0 Å². The predicted octanol–water partition coefficient (Wildman–Crippen LogP) is 2.76. The minimum atomic E-state index is -1.01. The van der Waals surface area contributed by atoms with E-state index in [1.54, 1.807) is 52.0 Å². The van der Waals surface area contributed by atoms with Gasteiger partial charge in [-0.2, -0.15) is 0 Å². The monoisotopic (exact) mass is 361 g/mol. The van der Waals surface area contributed by atoms with E-state index in [2.05, 4.69) is 5.32 Å². The van der Waals surface area contributed by atoms with Crippen molar-refractivity contribution in [3.63, 3.8) is 0 Å². The van der Waals surface area contributed by atoms with Crippen molar-refractivity contribution in [2.24, 2.45) is 0 Å². The maximum atomic E-state index is 13.6. The van der Waals surface area contributed by atoms with Crippen LogP contribution in [0.3, 0.4) is 0 Å². The van der Waals surface area contributed by atoms with Crippen LogP contribution in [-0.4, -0.2) is 29.7 Å². The maximum Gasteiger partial charge on any atom is 0.309 e. The Kier molecular flexibility index (Phi) is 5.83. The number of anilines is 1. The van der Waals surface area contributed by atoms with Crippen molar-refractivity contribution in [2.45, 2.75) is 38.9 Å². The fourth-order valence-electron chi connectivity index (χ4n) is 2.03. The summed E-state index contributed by atoms with van der Waals surface area (Å²) in [5.41, 5.74) is -1.14. The number of rotatable bonds is 6. The minimum Gasteiger partial charge on any atom is -0.427 e. The van der Waals surface area contributed by atoms with Gasteiger partial charge in [-0.15, -0.1) is 0 Å². The average molecular weight is 361 g/mol. The first-order valence-electron chi connectivity index (χ1n) is 8.22. The van der Waals surface area contributed by atoms with Gasteiger partial charge in [0.25, 0.3) is 5.91 Å². The second-order valence-corrected chi connectivity index (χ2v) is 7.11. The van der Waals surface area contributed by atoms with Crippen LogP contribution < -0.4 is 10.8 Å². The summed E-state index contributed by atoms with van der Waals surface area (Å²) in [5.74, 6) is -2.68. The number of aliphatic hydroxyl groups is 1. The summed E-state index contributed by atoms with van der Waals surface area (Å²) in [6.07, 6.45) is 0. The fourth-order valence-corrected chi connectivity index (χ4v) is 2.03. The molecular formula is C19H22BF2NO3. The molecule has 4 nitrogen and oxygen atoms in total. The molecule has 0 aromatic heterocycles. The van der Waals surface area contributed by atoms with E-state index >= 15 is 0 Å². The number of carbonyl (C=O) groups excluding carboxylic acids is 1. The van der Waals surface area contributed by atoms with Crippen LogP contribution in [-0.2, 0) is 4.65 Å². The lowest BCUT2D eigenvalue weighted by atomic mass is 9.82. The Morgan fingerprint density at radius 2 is 1.58 bits per heavy atom. The molecule has 138 valence electrons. The van der Waals surface area contributed by atoms with Gasteiger partial charge >= 0.3 is 7.48 Å². The fraction of sp³-hybridized carbons (Fsp3) is 0.316. The van der Waals surface area contributed by atoms with Crippen molar-refractivity contribution in [1.29, 1.82) is 0 Å². The first kappa shape index (κ1) is 20.1. The quantitative estimate of drug-likeness (QED) is 0.778. The van der Waals surface area contributed by atoms with E-state index in [4.69, 9.17) is 4.65 Å². The number of carbonyl (C=O) groups is 1. The number of nitrogens with one attached hydrogen (secondary N) is 1. The molecule has 0 bridgehead atoms. The first-order valence-corrected chi connectivity index (χ1v) is 8.22. The number of hydrogen-bond acceptors (Lipinski definition) is 3. The zero-order valence-electron chi connectivity index (χ0n) is 15.3. The molecule has 0 aliphatic rings. The molecule has 2 N–H and O–H groups in total. The van der Waals surface area contributed by atoms with Crippen molar-refractivity contribution in [1.82, 2.24) is 0 Å². The lowest BCUT2D eigenvalue weighted by Crippen LogP contribution is -2.49. The Morgan fingerprint density at radius 1 is 1.04 bits per heavy atom. The predicted molar refractivity (Wildman–Crippen MR) is 99.0 cm³/mol. The maximum absolute atomic E-state index is 13.6. The molecular weight excluding hydrogens is 339 g/mol. The third-order valence-electron chi connectivity index (χ3n) is 4.47. The average Bonchev–Trinajstić information content (AvgIpc) is 2.53. The van der Waals surface area contributed by atoms with Gasteiger partial charge in [-0.25, -0.2) is 8.78 Å². The Labute approximate surface area is 152 Å². The molecule has 2 rings (SSSR count). The number of amides is 1. The zero-order valence-corrected chi connectivity index (χ0v) is 15.3. The molecule has 0 radical (unpaired) electrons. The van der Waals surface area contributed by atoms with E-state index in [1.165, 1.54) is 6.07 Å². The van der Waals surface area contributed by atoms with Crippen LogP contribution in [0.25, 0.3) is 0 Å². The largest absolute Gasteiger partial charge is 0.427 e. The summed E-state index contributed by atoms with van der Waals surface area (Å²) in [4.78, 5) is 12.1. The van der Waals surface area contributed by atoms with Crippen molar-refractivity contribution in [3.8, 4) is 0 Å². The number of hydrogen-bond donors (Lipinski definition) is 2. The molecule has 0 fully saturated rings. The van der Waals surface area contributed by atoms with Gasteiger partial charge < -0.3 is 15.1 Å². The van der Waals surface area contributed by atoms with E-state index in [0.717, 1.165) is 17.6 Å². The lowest BCUT2D eigenvalue weighted by Gasteiger charge is -2.37. The summed E-state index contributed by atoms with van der Waals surface area (Å²) in [7, 11) is 0.271. The zero-order chi connectivity index (χ0) is 19.5. The molecule has 7 heteroatoms. The lowest BCUT2D eigenvalue weighted by molar-refractivity contribution is -0.0893. The summed E-state index contributed by atoms with van der Waals surface area (Å²) in [5, 5.41) is 12.5. The molecule has 0 spiro atoms. The van der Waals surface area contributed by atoms with E-state index in [-0.39, 0.29) is 7.48 Å². The van der Waals surface area contributed by atoms with Crippen LogP contribution in [0, 0.1) is 11.6 Å². The highest BCUT2D eigenvalue weighted by atomic mass is 19.1. The summed E-state index contributed by atoms with van der Waals surface area (Å²) in [6.45, 7) is 6.94. The van der Waals surface area contributed by atoms with Gasteiger partial charge in [0.1, 0.15) is 17.2 Å². The summed E-state index contributed by atoms with van der Waals surface area (Å²) >= 11 is 0. The van der Waals surface area contributed by atoms with Crippen molar-refractivity contribution >= 4 is 24.5 Å². The standard InChI is InChI=1S/C19H22BF2NO3/c1-18(2,25)19(3,4)26-20-12-8-10-13(11-9-12)23-17(24)16-14(21)6-5-7-15(16)22/h5-11,20,25H,1-4H3,(H,23,24). The molecule has 1 amide bonds. The Hall–Kier alpha value is -2.25. The van der Waals surface area contributed by atoms with E-state index in [0.29, 0.717) is 5.69 Å². The highest BCUT2D eigenvalue weighted by molar-refractivity contribution is 6.47. The van der Waals surface area contributed by atoms with Gasteiger partial charge in [-0.1, -0.05) is 23.7 Å². The number of benzene rings is 2. The Balaban J connectivity index is 2.03. The van der Waals surface area contributed by atoms with Crippen LogP contribution in [0.15, 0.2) is 42.5 Å². The number of halogens is 2. The van der Waals surface area contributed by atoms with Gasteiger partial charge in [0.2, 0.25) is 0 Å². The highest BCUT2D eigenvalue weighted by Gasteiger charge is 2.35. The normalized spacial score (nSPS) is 12.0. The Morgan fingerprint density at radius 3 is 2.08 bits per heavy atom. The van der Waals surface area contributed by atoms with Crippen molar-refractivity contribution in [3.05, 3.63) is 59.7 Å². The summed E-state index contributed by atoms with van der Waals surface area (Å²) < 4.78 is 33.0. The molecule has 26 heavy (non-hydrogen) atoms.